The first-order valence-corrected chi connectivity index (χ1v) is 7.00. The zero-order chi connectivity index (χ0) is 19.6. The van der Waals surface area contributed by atoms with Gasteiger partial charge >= 0.3 is 11.4 Å². The lowest BCUT2D eigenvalue weighted by Gasteiger charge is -1.92. The van der Waals surface area contributed by atoms with E-state index in [4.69, 9.17) is 23.2 Å². The van der Waals surface area contributed by atoms with E-state index in [0.29, 0.717) is 12.3 Å². The molecule has 0 aromatic carbocycles. The van der Waals surface area contributed by atoms with Crippen molar-refractivity contribution in [2.24, 2.45) is 4.74 Å². The second-order valence-electron chi connectivity index (χ2n) is 3.65. The van der Waals surface area contributed by atoms with E-state index in [2.05, 4.69) is 23.7 Å². The molecule has 0 atom stereocenters. The van der Waals surface area contributed by atoms with Gasteiger partial charge < -0.3 is 0 Å². The van der Waals surface area contributed by atoms with E-state index in [1.165, 1.54) is 6.07 Å². The summed E-state index contributed by atoms with van der Waals surface area (Å²) in [6.07, 6.45) is 1.55. The fourth-order valence-electron chi connectivity index (χ4n) is 1.07. The molecule has 14 heteroatoms. The van der Waals surface area contributed by atoms with Crippen molar-refractivity contribution in [2.45, 2.75) is 7.43 Å². The first kappa shape index (κ1) is 25.9. The van der Waals surface area contributed by atoms with Crippen LogP contribution in [0.3, 0.4) is 0 Å². The normalized spacial score (nSPS) is 8.65. The second-order valence-corrected chi connectivity index (χ2v) is 4.90. The van der Waals surface area contributed by atoms with Gasteiger partial charge in [-0.3, -0.25) is 25.0 Å². The van der Waals surface area contributed by atoms with Gasteiger partial charge in [0.1, 0.15) is 22.6 Å². The van der Waals surface area contributed by atoms with Gasteiger partial charge in [-0.25, -0.2) is 9.97 Å². The molecule has 0 aliphatic heterocycles. The van der Waals surface area contributed by atoms with Crippen molar-refractivity contribution < 1.29 is 18.6 Å². The number of pyridine rings is 2. The van der Waals surface area contributed by atoms with E-state index < -0.39 is 27.3 Å². The van der Waals surface area contributed by atoms with Crippen LogP contribution in [0.4, 0.5) is 20.2 Å². The molecule has 0 saturated heterocycles. The number of halogens is 4. The van der Waals surface area contributed by atoms with Crippen LogP contribution in [0.2, 0.25) is 10.2 Å². The van der Waals surface area contributed by atoms with Gasteiger partial charge in [-0.15, -0.1) is 0 Å². The average Bonchev–Trinajstić information content (AvgIpc) is 2.47. The van der Waals surface area contributed by atoms with Crippen molar-refractivity contribution >= 4 is 43.6 Å². The molecule has 0 aliphatic rings. The van der Waals surface area contributed by atoms with Crippen molar-refractivity contribution in [1.29, 1.82) is 0 Å². The quantitative estimate of drug-likeness (QED) is 0.281. The highest BCUT2D eigenvalue weighted by atomic mass is 35.5. The Balaban J connectivity index is 0. The first-order chi connectivity index (χ1) is 11.6. The van der Waals surface area contributed by atoms with Gasteiger partial charge in [-0.1, -0.05) is 30.6 Å². The topological polar surface area (TPSA) is 124 Å². The minimum Gasteiger partial charge on any atom is -0.275 e. The van der Waals surface area contributed by atoms with Crippen molar-refractivity contribution in [3.8, 4) is 0 Å². The molecule has 26 heavy (non-hydrogen) atoms. The highest BCUT2D eigenvalue weighted by molar-refractivity contribution is 7.03. The van der Waals surface area contributed by atoms with Crippen molar-refractivity contribution in [1.82, 2.24) is 9.97 Å². The van der Waals surface area contributed by atoms with E-state index in [-0.39, 0.29) is 23.3 Å². The zero-order valence-electron chi connectivity index (χ0n) is 12.2. The van der Waals surface area contributed by atoms with E-state index in [1.54, 1.807) is 7.05 Å². The number of aromatic nitrogens is 2. The predicted molar refractivity (Wildman–Crippen MR) is 95.1 cm³/mol. The highest BCUT2D eigenvalue weighted by Crippen LogP contribution is 2.24. The Morgan fingerprint density at radius 2 is 1.54 bits per heavy atom. The van der Waals surface area contributed by atoms with E-state index >= 15 is 0 Å². The molecular formula is C12H12Cl2F2N5O4P. The molecule has 2 aromatic heterocycles. The molecule has 0 N–H and O–H groups in total. The maximum atomic E-state index is 12.4. The van der Waals surface area contributed by atoms with Crippen molar-refractivity contribution in [3.63, 3.8) is 0 Å². The van der Waals surface area contributed by atoms with E-state index in [1.807, 2.05) is 0 Å². The molecule has 0 fully saturated rings. The largest absolute Gasteiger partial charge is 0.323 e. The number of nitro groups is 2. The Hall–Kier alpha value is -2.36. The van der Waals surface area contributed by atoms with Crippen LogP contribution < -0.4 is 0 Å². The minimum absolute atomic E-state index is 0. The van der Waals surface area contributed by atoms with Crippen LogP contribution in [0.25, 0.3) is 0 Å². The van der Waals surface area contributed by atoms with Gasteiger partial charge in [-0.2, -0.15) is 8.78 Å². The zero-order valence-corrected chi connectivity index (χ0v) is 14.7. The molecule has 0 radical (unpaired) electrons. The summed E-state index contributed by atoms with van der Waals surface area (Å²) < 4.78 is 27.7. The molecule has 2 heterocycles. The summed E-state index contributed by atoms with van der Waals surface area (Å²) in [7, 11) is 4.47. The van der Waals surface area contributed by atoms with Crippen LogP contribution in [0.5, 0.6) is 0 Å². The third kappa shape index (κ3) is 9.21. The predicted octanol–water partition coefficient (Wildman–Crippen LogP) is 5.14. The Bertz CT molecular complexity index is 724. The summed E-state index contributed by atoms with van der Waals surface area (Å²) in [5, 5.41) is 20.2. The third-order valence-electron chi connectivity index (χ3n) is 1.99. The number of rotatable bonds is 2. The third-order valence-corrected chi connectivity index (χ3v) is 2.50. The van der Waals surface area contributed by atoms with Crippen LogP contribution in [0, 0.1) is 32.0 Å². The lowest BCUT2D eigenvalue weighted by Crippen LogP contribution is -1.94. The summed E-state index contributed by atoms with van der Waals surface area (Å²) in [6.45, 7) is 0. The molecule has 0 saturated carbocycles. The first-order valence-electron chi connectivity index (χ1n) is 5.80. The molecule has 2 aromatic rings. The van der Waals surface area contributed by atoms with Gasteiger partial charge in [0.05, 0.1) is 9.85 Å². The molecular weight excluding hydrogens is 418 g/mol. The van der Waals surface area contributed by atoms with Gasteiger partial charge in [0.25, 0.3) is 0 Å². The molecule has 0 unspecified atom stereocenters. The maximum absolute atomic E-state index is 12.4. The minimum atomic E-state index is -1.22. The maximum Gasteiger partial charge on any atom is 0.323 e. The fraction of sp³-hybridized carbons (Fsp3) is 0.167. The summed E-state index contributed by atoms with van der Waals surface area (Å²) in [4.78, 5) is 24.9. The van der Waals surface area contributed by atoms with Crippen LogP contribution >= 0.6 is 32.2 Å². The molecule has 0 spiro atoms. The summed E-state index contributed by atoms with van der Waals surface area (Å²) in [5.74, 6) is -2.30. The Kier molecular flexibility index (Phi) is 12.9. The molecule has 2 rings (SSSR count). The SMILES string of the molecule is C.CN=P.O=[N+]([O-])c1cnc(Cl)cc1Cl.O=[N+]([O-])c1cnc(F)cc1F. The number of hydrogen-bond acceptors (Lipinski definition) is 7. The second kappa shape index (κ2) is 12.9. The Morgan fingerprint density at radius 1 is 1.08 bits per heavy atom. The van der Waals surface area contributed by atoms with E-state index in [9.17, 15) is 29.0 Å². The smallest absolute Gasteiger partial charge is 0.275 e. The monoisotopic (exact) mass is 429 g/mol. The van der Waals surface area contributed by atoms with Crippen LogP contribution in [-0.2, 0) is 0 Å². The van der Waals surface area contributed by atoms with Gasteiger partial charge in [0.15, 0.2) is 0 Å². The Morgan fingerprint density at radius 3 is 1.92 bits per heavy atom. The average molecular weight is 430 g/mol. The Labute approximate surface area is 158 Å². The fourth-order valence-corrected chi connectivity index (χ4v) is 1.50. The molecule has 142 valence electrons. The summed E-state index contributed by atoms with van der Waals surface area (Å²) in [6, 6.07) is 1.58. The lowest BCUT2D eigenvalue weighted by molar-refractivity contribution is -0.387. The molecule has 0 amide bonds. The highest BCUT2D eigenvalue weighted by Gasteiger charge is 2.14. The van der Waals surface area contributed by atoms with Crippen LogP contribution in [-0.4, -0.2) is 26.9 Å². The summed E-state index contributed by atoms with van der Waals surface area (Å²) >= 11 is 10.9. The standard InChI is InChI=1S/C5H2Cl2N2O2.C5H2F2N2O2.CH4NP.CH4/c2*6-3-1-5(7)8-2-4(3)9(10)11;1-2-3;/h2*1-2H;3H,1H3;1H4. The van der Waals surface area contributed by atoms with Gasteiger partial charge in [0.2, 0.25) is 11.8 Å². The van der Waals surface area contributed by atoms with Crippen molar-refractivity contribution in [3.05, 3.63) is 66.7 Å². The summed E-state index contributed by atoms with van der Waals surface area (Å²) in [5.41, 5.74) is -1.07. The number of nitrogens with zero attached hydrogens (tertiary/aromatic N) is 5. The van der Waals surface area contributed by atoms with E-state index in [0.717, 1.165) is 6.20 Å². The van der Waals surface area contributed by atoms with Crippen molar-refractivity contribution in [2.75, 3.05) is 7.05 Å². The van der Waals surface area contributed by atoms with Gasteiger partial charge in [0, 0.05) is 19.2 Å². The lowest BCUT2D eigenvalue weighted by atomic mass is 10.4. The van der Waals surface area contributed by atoms with Crippen LogP contribution in [0.15, 0.2) is 29.3 Å². The van der Waals surface area contributed by atoms with Gasteiger partial charge in [-0.05, 0) is 9.03 Å². The molecule has 0 bridgehead atoms. The number of hydrogen-bond donors (Lipinski definition) is 0. The molecule has 0 aliphatic carbocycles. The van der Waals surface area contributed by atoms with Crippen LogP contribution in [0.1, 0.15) is 7.43 Å². The molecule has 9 nitrogen and oxygen atoms in total.